The third-order valence-corrected chi connectivity index (χ3v) is 1.93. The number of ether oxygens (including phenoxy) is 1. The average molecular weight is 181 g/mol. The molecule has 0 saturated heterocycles. The van der Waals surface area contributed by atoms with E-state index in [1.807, 2.05) is 19.2 Å². The molecule has 0 saturated carbocycles. The summed E-state index contributed by atoms with van der Waals surface area (Å²) in [4.78, 5) is 13.3. The van der Waals surface area contributed by atoms with Gasteiger partial charge in [-0.3, -0.25) is 0 Å². The first-order chi connectivity index (χ1) is 6.27. The lowest BCUT2D eigenvalue weighted by atomic mass is 10.2. The normalized spacial score (nSPS) is 15.5. The zero-order valence-corrected chi connectivity index (χ0v) is 8.12. The van der Waals surface area contributed by atoms with Crippen molar-refractivity contribution < 1.29 is 9.53 Å². The molecule has 13 heavy (non-hydrogen) atoms. The van der Waals surface area contributed by atoms with E-state index in [9.17, 15) is 4.79 Å². The monoisotopic (exact) mass is 181 g/mol. The Kier molecular flexibility index (Phi) is 3.55. The summed E-state index contributed by atoms with van der Waals surface area (Å²) < 4.78 is 4.87. The van der Waals surface area contributed by atoms with Gasteiger partial charge in [0, 0.05) is 19.3 Å². The second-order valence-electron chi connectivity index (χ2n) is 2.78. The standard InChI is InChI=1S/C10H15NO2/c1-3-11-7-5-9(6-8-11)10(12)13-4-2/h5-7H,3-4,8H2,1-2H3. The lowest BCUT2D eigenvalue weighted by molar-refractivity contribution is -0.138. The van der Waals surface area contributed by atoms with Gasteiger partial charge in [0.15, 0.2) is 0 Å². The van der Waals surface area contributed by atoms with Gasteiger partial charge in [0.1, 0.15) is 0 Å². The largest absolute Gasteiger partial charge is 0.462 e. The summed E-state index contributed by atoms with van der Waals surface area (Å²) in [5.74, 6) is -0.227. The highest BCUT2D eigenvalue weighted by molar-refractivity contribution is 5.91. The highest BCUT2D eigenvalue weighted by atomic mass is 16.5. The molecule has 1 rings (SSSR count). The molecule has 0 aromatic rings. The second kappa shape index (κ2) is 4.70. The van der Waals surface area contributed by atoms with E-state index in [1.54, 1.807) is 6.08 Å². The van der Waals surface area contributed by atoms with Gasteiger partial charge < -0.3 is 9.64 Å². The third kappa shape index (κ3) is 2.61. The first-order valence-corrected chi connectivity index (χ1v) is 4.57. The molecule has 72 valence electrons. The number of hydrogen-bond acceptors (Lipinski definition) is 3. The summed E-state index contributed by atoms with van der Waals surface area (Å²) in [6, 6.07) is 0. The van der Waals surface area contributed by atoms with Gasteiger partial charge in [0.2, 0.25) is 0 Å². The SMILES string of the molecule is CCOC(=O)C1=CCN(CC)C=C1. The van der Waals surface area contributed by atoms with E-state index in [0.29, 0.717) is 12.2 Å². The topological polar surface area (TPSA) is 29.5 Å². The highest BCUT2D eigenvalue weighted by Gasteiger charge is 2.10. The zero-order valence-electron chi connectivity index (χ0n) is 8.12. The Morgan fingerprint density at radius 3 is 2.85 bits per heavy atom. The Bertz CT molecular complexity index is 243. The molecule has 3 heteroatoms. The van der Waals surface area contributed by atoms with E-state index in [0.717, 1.165) is 13.1 Å². The van der Waals surface area contributed by atoms with Gasteiger partial charge in [-0.05, 0) is 19.9 Å². The molecule has 0 fully saturated rings. The van der Waals surface area contributed by atoms with E-state index in [1.165, 1.54) is 0 Å². The van der Waals surface area contributed by atoms with Crippen molar-refractivity contribution in [1.82, 2.24) is 4.90 Å². The minimum Gasteiger partial charge on any atom is -0.462 e. The minimum absolute atomic E-state index is 0.227. The zero-order chi connectivity index (χ0) is 9.68. The summed E-state index contributed by atoms with van der Waals surface area (Å²) in [7, 11) is 0. The van der Waals surface area contributed by atoms with Crippen molar-refractivity contribution in [3.8, 4) is 0 Å². The minimum atomic E-state index is -0.227. The van der Waals surface area contributed by atoms with Crippen LogP contribution in [-0.4, -0.2) is 30.6 Å². The Labute approximate surface area is 78.7 Å². The molecule has 1 heterocycles. The number of hydrogen-bond donors (Lipinski definition) is 0. The van der Waals surface area contributed by atoms with Crippen LogP contribution in [0, 0.1) is 0 Å². The molecule has 1 aliphatic rings. The van der Waals surface area contributed by atoms with Crippen molar-refractivity contribution >= 4 is 5.97 Å². The number of carbonyl (C=O) groups excluding carboxylic acids is 1. The maximum Gasteiger partial charge on any atom is 0.337 e. The fraction of sp³-hybridized carbons (Fsp3) is 0.500. The van der Waals surface area contributed by atoms with Crippen LogP contribution < -0.4 is 0 Å². The highest BCUT2D eigenvalue weighted by Crippen LogP contribution is 2.08. The van der Waals surface area contributed by atoms with Crippen molar-refractivity contribution in [2.75, 3.05) is 19.7 Å². The molecule has 0 unspecified atom stereocenters. The fourth-order valence-corrected chi connectivity index (χ4v) is 1.13. The number of rotatable bonds is 3. The van der Waals surface area contributed by atoms with Gasteiger partial charge in [-0.25, -0.2) is 4.79 Å². The summed E-state index contributed by atoms with van der Waals surface area (Å²) in [5.41, 5.74) is 0.659. The van der Waals surface area contributed by atoms with Crippen LogP contribution in [0.1, 0.15) is 13.8 Å². The summed E-state index contributed by atoms with van der Waals surface area (Å²) >= 11 is 0. The molecule has 0 bridgehead atoms. The molecule has 1 aliphatic heterocycles. The van der Waals surface area contributed by atoms with Gasteiger partial charge in [0.05, 0.1) is 12.2 Å². The lowest BCUT2D eigenvalue weighted by Crippen LogP contribution is -2.21. The Hall–Kier alpha value is -1.25. The van der Waals surface area contributed by atoms with E-state index in [4.69, 9.17) is 4.74 Å². The van der Waals surface area contributed by atoms with Gasteiger partial charge in [-0.1, -0.05) is 6.08 Å². The molecule has 0 aromatic heterocycles. The molecular weight excluding hydrogens is 166 g/mol. The van der Waals surface area contributed by atoms with Gasteiger partial charge in [0.25, 0.3) is 0 Å². The number of likely N-dealkylation sites (N-methyl/N-ethyl adjacent to an activating group) is 1. The number of nitrogens with zero attached hydrogens (tertiary/aromatic N) is 1. The molecule has 0 atom stereocenters. The van der Waals surface area contributed by atoms with E-state index < -0.39 is 0 Å². The van der Waals surface area contributed by atoms with Crippen LogP contribution in [0.25, 0.3) is 0 Å². The van der Waals surface area contributed by atoms with Crippen molar-refractivity contribution in [3.05, 3.63) is 23.9 Å². The van der Waals surface area contributed by atoms with E-state index in [-0.39, 0.29) is 5.97 Å². The number of carbonyl (C=O) groups is 1. The van der Waals surface area contributed by atoms with E-state index in [2.05, 4.69) is 11.8 Å². The van der Waals surface area contributed by atoms with Crippen LogP contribution in [0.2, 0.25) is 0 Å². The predicted octanol–water partition coefficient (Wildman–Crippen LogP) is 1.33. The maximum absolute atomic E-state index is 11.2. The van der Waals surface area contributed by atoms with Crippen molar-refractivity contribution in [2.24, 2.45) is 0 Å². The van der Waals surface area contributed by atoms with E-state index >= 15 is 0 Å². The Morgan fingerprint density at radius 2 is 2.38 bits per heavy atom. The van der Waals surface area contributed by atoms with Crippen molar-refractivity contribution in [1.29, 1.82) is 0 Å². The fourth-order valence-electron chi connectivity index (χ4n) is 1.13. The summed E-state index contributed by atoms with van der Waals surface area (Å²) in [6.45, 7) is 6.07. The molecule has 3 nitrogen and oxygen atoms in total. The van der Waals surface area contributed by atoms with Crippen LogP contribution in [-0.2, 0) is 9.53 Å². The van der Waals surface area contributed by atoms with Gasteiger partial charge >= 0.3 is 5.97 Å². The van der Waals surface area contributed by atoms with Crippen LogP contribution in [0.4, 0.5) is 0 Å². The summed E-state index contributed by atoms with van der Waals surface area (Å²) in [6.07, 6.45) is 5.61. The van der Waals surface area contributed by atoms with Crippen LogP contribution in [0.5, 0.6) is 0 Å². The quantitative estimate of drug-likeness (QED) is 0.615. The first kappa shape index (κ1) is 9.84. The molecule has 0 amide bonds. The molecule has 0 spiro atoms. The Morgan fingerprint density at radius 1 is 1.62 bits per heavy atom. The third-order valence-electron chi connectivity index (χ3n) is 1.93. The smallest absolute Gasteiger partial charge is 0.337 e. The summed E-state index contributed by atoms with van der Waals surface area (Å²) in [5, 5.41) is 0. The van der Waals surface area contributed by atoms with Crippen molar-refractivity contribution in [2.45, 2.75) is 13.8 Å². The molecule has 0 N–H and O–H groups in total. The second-order valence-corrected chi connectivity index (χ2v) is 2.78. The predicted molar refractivity (Wildman–Crippen MR) is 51.1 cm³/mol. The maximum atomic E-state index is 11.2. The molecule has 0 radical (unpaired) electrons. The van der Waals surface area contributed by atoms with Gasteiger partial charge in [-0.15, -0.1) is 0 Å². The Balaban J connectivity index is 2.51. The van der Waals surface area contributed by atoms with Crippen LogP contribution in [0.15, 0.2) is 23.9 Å². The molecular formula is C10H15NO2. The van der Waals surface area contributed by atoms with Gasteiger partial charge in [-0.2, -0.15) is 0 Å². The lowest BCUT2D eigenvalue weighted by Gasteiger charge is -2.19. The van der Waals surface area contributed by atoms with Crippen LogP contribution >= 0.6 is 0 Å². The molecule has 0 aromatic carbocycles. The first-order valence-electron chi connectivity index (χ1n) is 4.57. The van der Waals surface area contributed by atoms with Crippen molar-refractivity contribution in [3.63, 3.8) is 0 Å². The number of esters is 1. The molecule has 0 aliphatic carbocycles. The van der Waals surface area contributed by atoms with Crippen LogP contribution in [0.3, 0.4) is 0 Å². The average Bonchev–Trinajstić information content (AvgIpc) is 2.18.